The number of rotatable bonds is 7. The number of hydrogen-bond acceptors (Lipinski definition) is 4. The van der Waals surface area contributed by atoms with Gasteiger partial charge >= 0.3 is 6.18 Å². The fraction of sp³-hybridized carbons (Fsp3) is 0.727. The summed E-state index contributed by atoms with van der Waals surface area (Å²) in [5.74, 6) is 0. The number of nitrogens with zero attached hydrogens (tertiary/aromatic N) is 1. The topological polar surface area (TPSA) is 34.1 Å². The molecule has 1 rings (SSSR count). The number of thiazole rings is 1. The van der Waals surface area contributed by atoms with Gasteiger partial charge in [0, 0.05) is 20.1 Å². The van der Waals surface area contributed by atoms with Crippen molar-refractivity contribution in [2.45, 2.75) is 32.5 Å². The van der Waals surface area contributed by atoms with Gasteiger partial charge in [-0.25, -0.2) is 4.98 Å². The van der Waals surface area contributed by atoms with Crippen molar-refractivity contribution < 1.29 is 17.9 Å². The van der Waals surface area contributed by atoms with Crippen LogP contribution in [0.3, 0.4) is 0 Å². The maximum Gasteiger partial charge on any atom is 0.434 e. The lowest BCUT2D eigenvalue weighted by Crippen LogP contribution is -2.17. The minimum Gasteiger partial charge on any atom is -0.384 e. The lowest BCUT2D eigenvalue weighted by molar-refractivity contribution is -0.141. The van der Waals surface area contributed by atoms with Crippen molar-refractivity contribution in [2.24, 2.45) is 0 Å². The van der Waals surface area contributed by atoms with Gasteiger partial charge in [-0.3, -0.25) is 0 Å². The summed E-state index contributed by atoms with van der Waals surface area (Å²) < 4.78 is 43.2. The maximum absolute atomic E-state index is 12.8. The molecule has 3 nitrogen and oxygen atoms in total. The van der Waals surface area contributed by atoms with Crippen LogP contribution < -0.4 is 5.32 Å². The molecule has 18 heavy (non-hydrogen) atoms. The Morgan fingerprint density at radius 3 is 2.67 bits per heavy atom. The third-order valence-corrected chi connectivity index (χ3v) is 3.36. The monoisotopic (exact) mass is 282 g/mol. The largest absolute Gasteiger partial charge is 0.434 e. The smallest absolute Gasteiger partial charge is 0.384 e. The van der Waals surface area contributed by atoms with E-state index >= 15 is 0 Å². The van der Waals surface area contributed by atoms with Crippen LogP contribution in [0.4, 0.5) is 13.2 Å². The van der Waals surface area contributed by atoms with Crippen molar-refractivity contribution in [1.29, 1.82) is 0 Å². The number of methoxy groups -OCH3 is 1. The van der Waals surface area contributed by atoms with Gasteiger partial charge in [-0.2, -0.15) is 13.2 Å². The van der Waals surface area contributed by atoms with Gasteiger partial charge in [-0.15, -0.1) is 11.3 Å². The summed E-state index contributed by atoms with van der Waals surface area (Å²) in [4.78, 5) is 3.92. The zero-order chi connectivity index (χ0) is 13.6. The van der Waals surface area contributed by atoms with Crippen LogP contribution in [0.15, 0.2) is 0 Å². The quantitative estimate of drug-likeness (QED) is 0.781. The molecule has 0 radical (unpaired) electrons. The van der Waals surface area contributed by atoms with Gasteiger partial charge in [0.1, 0.15) is 0 Å². The fourth-order valence-electron chi connectivity index (χ4n) is 1.42. The van der Waals surface area contributed by atoms with E-state index in [2.05, 4.69) is 10.3 Å². The zero-order valence-corrected chi connectivity index (χ0v) is 11.2. The first kappa shape index (κ1) is 15.4. The minimum absolute atomic E-state index is 0.216. The third kappa shape index (κ3) is 4.55. The van der Waals surface area contributed by atoms with Gasteiger partial charge in [0.25, 0.3) is 0 Å². The average Bonchev–Trinajstić information content (AvgIpc) is 2.70. The van der Waals surface area contributed by atoms with Crippen molar-refractivity contribution in [3.63, 3.8) is 0 Å². The molecule has 0 spiro atoms. The summed E-state index contributed by atoms with van der Waals surface area (Å²) >= 11 is 1.10. The normalized spacial score (nSPS) is 12.1. The molecular weight excluding hydrogens is 265 g/mol. The van der Waals surface area contributed by atoms with E-state index in [1.54, 1.807) is 0 Å². The van der Waals surface area contributed by atoms with E-state index in [0.717, 1.165) is 17.8 Å². The summed E-state index contributed by atoms with van der Waals surface area (Å²) in [6.07, 6.45) is -3.08. The van der Waals surface area contributed by atoms with Crippen molar-refractivity contribution >= 4 is 11.3 Å². The minimum atomic E-state index is -4.38. The molecule has 0 aliphatic carbocycles. The molecule has 0 aromatic carbocycles. The number of nitrogens with one attached hydrogen (secondary N) is 1. The first-order valence-electron chi connectivity index (χ1n) is 5.74. The Bertz CT molecular complexity index is 366. The van der Waals surface area contributed by atoms with Gasteiger partial charge in [-0.1, -0.05) is 6.92 Å². The lowest BCUT2D eigenvalue weighted by Gasteiger charge is -2.06. The summed E-state index contributed by atoms with van der Waals surface area (Å²) in [6.45, 7) is 3.26. The van der Waals surface area contributed by atoms with E-state index in [4.69, 9.17) is 4.74 Å². The van der Waals surface area contributed by atoms with Crippen molar-refractivity contribution in [2.75, 3.05) is 20.3 Å². The molecule has 1 aromatic rings. The second-order valence-electron chi connectivity index (χ2n) is 3.80. The van der Waals surface area contributed by atoms with Crippen molar-refractivity contribution in [1.82, 2.24) is 10.3 Å². The van der Waals surface area contributed by atoms with Crippen molar-refractivity contribution in [3.05, 3.63) is 15.6 Å². The van der Waals surface area contributed by atoms with Crippen molar-refractivity contribution in [3.8, 4) is 0 Å². The van der Waals surface area contributed by atoms with Gasteiger partial charge in [0.05, 0.1) is 16.5 Å². The number of aromatic nitrogens is 1. The zero-order valence-electron chi connectivity index (χ0n) is 10.4. The summed E-state index contributed by atoms with van der Waals surface area (Å²) in [5, 5.41) is 3.44. The second kappa shape index (κ2) is 7.06. The molecule has 0 unspecified atom stereocenters. The SMILES string of the molecule is CCCNCc1sc(CCOC)nc1C(F)(F)F. The molecule has 0 atom stereocenters. The van der Waals surface area contributed by atoms with E-state index < -0.39 is 11.9 Å². The summed E-state index contributed by atoms with van der Waals surface area (Å²) in [7, 11) is 1.52. The highest BCUT2D eigenvalue weighted by molar-refractivity contribution is 7.11. The van der Waals surface area contributed by atoms with E-state index in [9.17, 15) is 13.2 Å². The van der Waals surface area contributed by atoms with Crippen LogP contribution in [0.5, 0.6) is 0 Å². The molecule has 104 valence electrons. The summed E-state index contributed by atoms with van der Waals surface area (Å²) in [6, 6.07) is 0. The van der Waals surface area contributed by atoms with E-state index in [1.807, 2.05) is 6.92 Å². The Labute approximate surface area is 108 Å². The molecule has 7 heteroatoms. The molecule has 0 saturated carbocycles. The molecule has 1 N–H and O–H groups in total. The predicted molar refractivity (Wildman–Crippen MR) is 64.7 cm³/mol. The van der Waals surface area contributed by atoms with E-state index in [1.165, 1.54) is 7.11 Å². The van der Waals surface area contributed by atoms with Crippen LogP contribution in [-0.2, 0) is 23.9 Å². The molecule has 1 heterocycles. The highest BCUT2D eigenvalue weighted by Gasteiger charge is 2.37. The van der Waals surface area contributed by atoms with Crippen LogP contribution in [0.2, 0.25) is 0 Å². The van der Waals surface area contributed by atoms with Crippen LogP contribution in [0.1, 0.15) is 28.9 Å². The molecule has 0 amide bonds. The fourth-order valence-corrected chi connectivity index (χ4v) is 2.46. The number of hydrogen-bond donors (Lipinski definition) is 1. The molecule has 1 aromatic heterocycles. The standard InChI is InChI=1S/C11H17F3N2OS/c1-3-5-15-7-8-10(11(12,13)14)16-9(18-8)4-6-17-2/h15H,3-7H2,1-2H3. The van der Waals surface area contributed by atoms with Crippen LogP contribution in [0.25, 0.3) is 0 Å². The summed E-state index contributed by atoms with van der Waals surface area (Å²) in [5.41, 5.74) is -0.762. The Kier molecular flexibility index (Phi) is 6.04. The van der Waals surface area contributed by atoms with E-state index in [-0.39, 0.29) is 11.4 Å². The van der Waals surface area contributed by atoms with Gasteiger partial charge in [0.2, 0.25) is 0 Å². The second-order valence-corrected chi connectivity index (χ2v) is 4.96. The maximum atomic E-state index is 12.8. The number of halogens is 3. The Hall–Kier alpha value is -0.660. The third-order valence-electron chi connectivity index (χ3n) is 2.24. The van der Waals surface area contributed by atoms with Gasteiger partial charge < -0.3 is 10.1 Å². The average molecular weight is 282 g/mol. The molecule has 0 aliphatic rings. The van der Waals surface area contributed by atoms with E-state index in [0.29, 0.717) is 24.6 Å². The Morgan fingerprint density at radius 1 is 1.39 bits per heavy atom. The Morgan fingerprint density at radius 2 is 2.11 bits per heavy atom. The van der Waals surface area contributed by atoms with Gasteiger partial charge in [-0.05, 0) is 13.0 Å². The molecule has 0 fully saturated rings. The highest BCUT2D eigenvalue weighted by Crippen LogP contribution is 2.34. The van der Waals surface area contributed by atoms with Crippen LogP contribution >= 0.6 is 11.3 Å². The highest BCUT2D eigenvalue weighted by atomic mass is 32.1. The number of alkyl halides is 3. The first-order valence-corrected chi connectivity index (χ1v) is 6.56. The van der Waals surface area contributed by atoms with Crippen LogP contribution in [-0.4, -0.2) is 25.2 Å². The molecule has 0 aliphatic heterocycles. The molecule has 0 saturated heterocycles. The van der Waals surface area contributed by atoms with Gasteiger partial charge in [0.15, 0.2) is 5.69 Å². The molecule has 0 bridgehead atoms. The lowest BCUT2D eigenvalue weighted by atomic mass is 10.3. The Balaban J connectivity index is 2.80. The predicted octanol–water partition coefficient (Wildman–Crippen LogP) is 2.85. The first-order chi connectivity index (χ1) is 8.49. The molecular formula is C11H17F3N2OS. The van der Waals surface area contributed by atoms with Crippen LogP contribution in [0, 0.1) is 0 Å². The number of ether oxygens (including phenoxy) is 1.